The molecule has 3 aromatic carbocycles. The maximum Gasteiger partial charge on any atom is 0.220 e. The molecule has 0 aliphatic carbocycles. The molecular formula is C28H31N3O2. The van der Waals surface area contributed by atoms with Crippen LogP contribution in [0.2, 0.25) is 0 Å². The molecule has 0 atom stereocenters. The van der Waals surface area contributed by atoms with Gasteiger partial charge in [-0.3, -0.25) is 14.5 Å². The third-order valence-corrected chi connectivity index (χ3v) is 6.16. The summed E-state index contributed by atoms with van der Waals surface area (Å²) in [4.78, 5) is 29.5. The zero-order valence-corrected chi connectivity index (χ0v) is 19.0. The lowest BCUT2D eigenvalue weighted by Crippen LogP contribution is -2.46. The molecule has 5 nitrogen and oxygen atoms in total. The molecular weight excluding hydrogens is 410 g/mol. The Morgan fingerprint density at radius 2 is 1.30 bits per heavy atom. The van der Waals surface area contributed by atoms with Crippen molar-refractivity contribution in [2.24, 2.45) is 0 Å². The van der Waals surface area contributed by atoms with Gasteiger partial charge in [-0.2, -0.15) is 0 Å². The van der Waals surface area contributed by atoms with E-state index < -0.39 is 0 Å². The van der Waals surface area contributed by atoms with Crippen molar-refractivity contribution in [1.29, 1.82) is 0 Å². The molecule has 0 saturated carbocycles. The molecule has 170 valence electrons. The Morgan fingerprint density at radius 3 is 2.00 bits per heavy atom. The monoisotopic (exact) mass is 441 g/mol. The third kappa shape index (κ3) is 6.53. The number of amides is 1. The minimum atomic E-state index is -0.0921. The van der Waals surface area contributed by atoms with Crippen LogP contribution in [0.4, 0.5) is 5.69 Å². The maximum absolute atomic E-state index is 12.3. The molecule has 3 aromatic rings. The van der Waals surface area contributed by atoms with Crippen molar-refractivity contribution in [2.45, 2.75) is 25.9 Å². The van der Waals surface area contributed by atoms with Gasteiger partial charge in [-0.1, -0.05) is 72.8 Å². The first-order valence-electron chi connectivity index (χ1n) is 11.6. The van der Waals surface area contributed by atoms with E-state index in [1.165, 1.54) is 11.3 Å². The van der Waals surface area contributed by atoms with Crippen molar-refractivity contribution >= 4 is 17.4 Å². The van der Waals surface area contributed by atoms with E-state index in [1.54, 1.807) is 12.1 Å². The summed E-state index contributed by atoms with van der Waals surface area (Å²) < 4.78 is 0. The van der Waals surface area contributed by atoms with E-state index in [2.05, 4.69) is 63.6 Å². The summed E-state index contributed by atoms with van der Waals surface area (Å²) >= 11 is 0. The van der Waals surface area contributed by atoms with E-state index in [4.69, 9.17) is 0 Å². The van der Waals surface area contributed by atoms with E-state index in [1.807, 2.05) is 24.3 Å². The maximum atomic E-state index is 12.3. The molecule has 1 amide bonds. The van der Waals surface area contributed by atoms with E-state index in [-0.39, 0.29) is 24.5 Å². The second-order valence-corrected chi connectivity index (χ2v) is 8.43. The zero-order valence-electron chi connectivity index (χ0n) is 19.0. The van der Waals surface area contributed by atoms with Crippen LogP contribution in [0.1, 0.15) is 34.3 Å². The number of rotatable bonds is 9. The highest BCUT2D eigenvalue weighted by atomic mass is 16.2. The lowest BCUT2D eigenvalue weighted by atomic mass is 10.1. The topological polar surface area (TPSA) is 52.7 Å². The fourth-order valence-corrected chi connectivity index (χ4v) is 4.21. The molecule has 1 saturated heterocycles. The summed E-state index contributed by atoms with van der Waals surface area (Å²) in [5.41, 5.74) is 4.31. The van der Waals surface area contributed by atoms with Gasteiger partial charge in [0.2, 0.25) is 5.91 Å². The molecule has 0 aromatic heterocycles. The number of Topliss-reactive ketones (excluding diaryl/α,β-unsaturated/α-hetero) is 1. The molecule has 1 N–H and O–H groups in total. The van der Waals surface area contributed by atoms with Crippen LogP contribution >= 0.6 is 0 Å². The molecule has 0 radical (unpaired) electrons. The minimum absolute atomic E-state index is 0.000736. The van der Waals surface area contributed by atoms with Gasteiger partial charge in [0.1, 0.15) is 0 Å². The van der Waals surface area contributed by atoms with Crippen LogP contribution in [0, 0.1) is 0 Å². The van der Waals surface area contributed by atoms with Gasteiger partial charge in [0.25, 0.3) is 0 Å². The predicted octanol–water partition coefficient (Wildman–Crippen LogP) is 4.29. The molecule has 4 rings (SSSR count). The standard InChI is InChI=1S/C28H31N3O2/c32-27(23-9-3-1-4-10-23)15-16-28(33)29-21-24-11-7-8-12-25(24)22-30-17-19-31(20-18-30)26-13-5-2-6-14-26/h1-14H,15-22H2,(H,29,33). The number of hydrogen-bond acceptors (Lipinski definition) is 4. The second kappa shape index (κ2) is 11.4. The summed E-state index contributed by atoms with van der Waals surface area (Å²) in [6.45, 7) is 5.41. The summed E-state index contributed by atoms with van der Waals surface area (Å²) in [6.07, 6.45) is 0.431. The van der Waals surface area contributed by atoms with Crippen LogP contribution in [-0.4, -0.2) is 42.8 Å². The first kappa shape index (κ1) is 22.7. The van der Waals surface area contributed by atoms with Gasteiger partial charge in [0, 0.05) is 63.4 Å². The van der Waals surface area contributed by atoms with E-state index in [0.29, 0.717) is 12.1 Å². The highest BCUT2D eigenvalue weighted by molar-refractivity contribution is 5.97. The number of benzene rings is 3. The number of carbonyl (C=O) groups excluding carboxylic acids is 2. The highest BCUT2D eigenvalue weighted by Crippen LogP contribution is 2.18. The Balaban J connectivity index is 1.25. The highest BCUT2D eigenvalue weighted by Gasteiger charge is 2.18. The van der Waals surface area contributed by atoms with Crippen LogP contribution in [0.3, 0.4) is 0 Å². The summed E-state index contributed by atoms with van der Waals surface area (Å²) in [5, 5.41) is 2.99. The van der Waals surface area contributed by atoms with Crippen molar-refractivity contribution in [1.82, 2.24) is 10.2 Å². The Bertz CT molecular complexity index is 1050. The van der Waals surface area contributed by atoms with Crippen LogP contribution in [0.25, 0.3) is 0 Å². The quantitative estimate of drug-likeness (QED) is 0.504. The first-order valence-corrected chi connectivity index (χ1v) is 11.6. The number of hydrogen-bond donors (Lipinski definition) is 1. The number of carbonyl (C=O) groups is 2. The average molecular weight is 442 g/mol. The van der Waals surface area contributed by atoms with Crippen molar-refractivity contribution < 1.29 is 9.59 Å². The minimum Gasteiger partial charge on any atom is -0.369 e. The number of nitrogens with one attached hydrogen (secondary N) is 1. The van der Waals surface area contributed by atoms with Crippen LogP contribution in [0.5, 0.6) is 0 Å². The van der Waals surface area contributed by atoms with Crippen molar-refractivity contribution in [3.8, 4) is 0 Å². The van der Waals surface area contributed by atoms with E-state index in [9.17, 15) is 9.59 Å². The van der Waals surface area contributed by atoms with E-state index >= 15 is 0 Å². The lowest BCUT2D eigenvalue weighted by Gasteiger charge is -2.36. The van der Waals surface area contributed by atoms with Gasteiger partial charge in [-0.05, 0) is 23.3 Å². The number of para-hydroxylation sites is 1. The molecule has 1 fully saturated rings. The zero-order chi connectivity index (χ0) is 22.9. The Labute approximate surface area is 196 Å². The smallest absolute Gasteiger partial charge is 0.220 e. The molecule has 1 aliphatic heterocycles. The van der Waals surface area contributed by atoms with Gasteiger partial charge >= 0.3 is 0 Å². The largest absolute Gasteiger partial charge is 0.369 e. The molecule has 0 bridgehead atoms. The number of ketones is 1. The van der Waals surface area contributed by atoms with Gasteiger partial charge in [0.05, 0.1) is 0 Å². The van der Waals surface area contributed by atoms with Crippen molar-refractivity contribution in [3.63, 3.8) is 0 Å². The fraction of sp³-hybridized carbons (Fsp3) is 0.286. The van der Waals surface area contributed by atoms with Crippen LogP contribution in [-0.2, 0) is 17.9 Å². The SMILES string of the molecule is O=C(CCC(=O)c1ccccc1)NCc1ccccc1CN1CCN(c2ccccc2)CC1. The summed E-state index contributed by atoms with van der Waals surface area (Å²) in [6, 6.07) is 28.0. The molecule has 33 heavy (non-hydrogen) atoms. The third-order valence-electron chi connectivity index (χ3n) is 6.16. The molecule has 0 spiro atoms. The summed E-state index contributed by atoms with van der Waals surface area (Å²) in [5.74, 6) is -0.0913. The summed E-state index contributed by atoms with van der Waals surface area (Å²) in [7, 11) is 0. The fourth-order valence-electron chi connectivity index (χ4n) is 4.21. The number of piperazine rings is 1. The van der Waals surface area contributed by atoms with Crippen LogP contribution < -0.4 is 10.2 Å². The number of nitrogens with zero attached hydrogens (tertiary/aromatic N) is 2. The first-order chi connectivity index (χ1) is 16.2. The number of anilines is 1. The van der Waals surface area contributed by atoms with Gasteiger partial charge in [-0.25, -0.2) is 0 Å². The van der Waals surface area contributed by atoms with Gasteiger partial charge in [-0.15, -0.1) is 0 Å². The Morgan fingerprint density at radius 1 is 0.697 bits per heavy atom. The van der Waals surface area contributed by atoms with E-state index in [0.717, 1.165) is 38.3 Å². The average Bonchev–Trinajstić information content (AvgIpc) is 2.88. The molecule has 5 heteroatoms. The van der Waals surface area contributed by atoms with Crippen molar-refractivity contribution in [3.05, 3.63) is 102 Å². The van der Waals surface area contributed by atoms with Crippen molar-refractivity contribution in [2.75, 3.05) is 31.1 Å². The Kier molecular flexibility index (Phi) is 7.88. The Hall–Kier alpha value is -3.44. The van der Waals surface area contributed by atoms with Gasteiger partial charge in [0.15, 0.2) is 5.78 Å². The predicted molar refractivity (Wildman–Crippen MR) is 132 cm³/mol. The lowest BCUT2D eigenvalue weighted by molar-refractivity contribution is -0.121. The van der Waals surface area contributed by atoms with Gasteiger partial charge < -0.3 is 10.2 Å². The van der Waals surface area contributed by atoms with Crippen LogP contribution in [0.15, 0.2) is 84.9 Å². The normalized spacial score (nSPS) is 14.1. The molecule has 0 unspecified atom stereocenters. The molecule has 1 aliphatic rings. The second-order valence-electron chi connectivity index (χ2n) is 8.43. The molecule has 1 heterocycles.